The van der Waals surface area contributed by atoms with Crippen molar-refractivity contribution < 1.29 is 13.2 Å². The molecule has 20 heavy (non-hydrogen) atoms. The number of nitrogens with two attached hydrogens (primary N) is 1. The first-order chi connectivity index (χ1) is 9.36. The van der Waals surface area contributed by atoms with Gasteiger partial charge < -0.3 is 5.73 Å². The third kappa shape index (κ3) is 2.07. The minimum absolute atomic E-state index is 0.136. The van der Waals surface area contributed by atoms with Gasteiger partial charge in [-0.15, -0.1) is 0 Å². The fourth-order valence-electron chi connectivity index (χ4n) is 2.76. The minimum atomic E-state index is -3.31. The Balaban J connectivity index is 2.05. The van der Waals surface area contributed by atoms with Crippen LogP contribution in [0.2, 0.25) is 0 Å². The van der Waals surface area contributed by atoms with Crippen LogP contribution in [0.3, 0.4) is 0 Å². The zero-order chi connectivity index (χ0) is 14.5. The zero-order valence-electron chi connectivity index (χ0n) is 11.0. The maximum absolute atomic E-state index is 11.6. The molecule has 1 aromatic rings. The van der Waals surface area contributed by atoms with Crippen molar-refractivity contribution in [1.82, 2.24) is 4.41 Å². The van der Waals surface area contributed by atoms with E-state index in [9.17, 15) is 13.2 Å². The molecular formula is C13H15N3O3S. The molecule has 3 rings (SSSR count). The minimum Gasteiger partial charge on any atom is -0.366 e. The summed E-state index contributed by atoms with van der Waals surface area (Å²) in [7, 11) is -3.31. The van der Waals surface area contributed by atoms with Gasteiger partial charge in [0, 0.05) is 17.0 Å². The summed E-state index contributed by atoms with van der Waals surface area (Å²) >= 11 is 0. The third-order valence-corrected chi connectivity index (χ3v) is 4.79. The Bertz CT molecular complexity index is 724. The lowest BCUT2D eigenvalue weighted by Crippen LogP contribution is -2.27. The molecule has 1 aromatic carbocycles. The Labute approximate surface area is 117 Å². The highest BCUT2D eigenvalue weighted by molar-refractivity contribution is 7.88. The van der Waals surface area contributed by atoms with Crippen molar-refractivity contribution in [2.75, 3.05) is 12.8 Å². The fourth-order valence-corrected chi connectivity index (χ4v) is 3.45. The summed E-state index contributed by atoms with van der Waals surface area (Å²) in [4.78, 5) is 11.2. The Morgan fingerprint density at radius 2 is 2.20 bits per heavy atom. The van der Waals surface area contributed by atoms with Crippen molar-refractivity contribution in [2.24, 2.45) is 16.8 Å². The van der Waals surface area contributed by atoms with Gasteiger partial charge in [-0.25, -0.2) is 8.42 Å². The molecule has 0 aromatic heterocycles. The van der Waals surface area contributed by atoms with Gasteiger partial charge >= 0.3 is 0 Å². The summed E-state index contributed by atoms with van der Waals surface area (Å²) in [6.45, 7) is 0.408. The van der Waals surface area contributed by atoms with Gasteiger partial charge in [0.05, 0.1) is 18.5 Å². The molecule has 1 aliphatic heterocycles. The summed E-state index contributed by atoms with van der Waals surface area (Å²) in [5.41, 5.74) is 8.48. The smallest absolute Gasteiger partial charge is 0.248 e. The monoisotopic (exact) mass is 293 g/mol. The number of rotatable bonds is 2. The van der Waals surface area contributed by atoms with Crippen LogP contribution in [0.25, 0.3) is 0 Å². The molecule has 0 saturated carbocycles. The van der Waals surface area contributed by atoms with E-state index in [1.807, 2.05) is 6.07 Å². The molecule has 1 heterocycles. The Morgan fingerprint density at radius 3 is 2.85 bits per heavy atom. The fraction of sp³-hybridized carbons (Fsp3) is 0.385. The lowest BCUT2D eigenvalue weighted by molar-refractivity contribution is 0.1000. The van der Waals surface area contributed by atoms with E-state index >= 15 is 0 Å². The van der Waals surface area contributed by atoms with Crippen LogP contribution in [0, 0.1) is 5.92 Å². The lowest BCUT2D eigenvalue weighted by Gasteiger charge is -2.21. The van der Waals surface area contributed by atoms with E-state index in [2.05, 4.69) is 5.10 Å². The number of benzene rings is 1. The first kappa shape index (κ1) is 13.1. The van der Waals surface area contributed by atoms with Gasteiger partial charge in [-0.1, -0.05) is 6.07 Å². The van der Waals surface area contributed by atoms with Crippen molar-refractivity contribution in [1.29, 1.82) is 0 Å². The number of aryl methyl sites for hydroxylation is 1. The number of primary amides is 1. The molecule has 1 aliphatic carbocycles. The molecule has 106 valence electrons. The molecule has 0 spiro atoms. The summed E-state index contributed by atoms with van der Waals surface area (Å²) < 4.78 is 24.3. The summed E-state index contributed by atoms with van der Waals surface area (Å²) in [5, 5.41) is 4.24. The Hall–Kier alpha value is -1.89. The van der Waals surface area contributed by atoms with Gasteiger partial charge in [0.2, 0.25) is 15.9 Å². The largest absolute Gasteiger partial charge is 0.366 e. The van der Waals surface area contributed by atoms with Crippen LogP contribution in [-0.4, -0.2) is 37.3 Å². The van der Waals surface area contributed by atoms with Crippen LogP contribution in [0.5, 0.6) is 0 Å². The number of hydrogen-bond acceptors (Lipinski definition) is 4. The van der Waals surface area contributed by atoms with Gasteiger partial charge in [-0.05, 0) is 30.5 Å². The van der Waals surface area contributed by atoms with Crippen LogP contribution in [-0.2, 0) is 16.4 Å². The average Bonchev–Trinajstić information content (AvgIpc) is 2.82. The number of hydrazone groups is 1. The van der Waals surface area contributed by atoms with Gasteiger partial charge in [-0.2, -0.15) is 9.52 Å². The first-order valence-corrected chi connectivity index (χ1v) is 8.20. The Morgan fingerprint density at radius 1 is 1.45 bits per heavy atom. The number of hydrogen-bond donors (Lipinski definition) is 1. The van der Waals surface area contributed by atoms with E-state index < -0.39 is 15.9 Å². The molecule has 1 amide bonds. The van der Waals surface area contributed by atoms with Crippen LogP contribution < -0.4 is 5.73 Å². The molecule has 0 radical (unpaired) electrons. The van der Waals surface area contributed by atoms with Gasteiger partial charge in [0.15, 0.2) is 0 Å². The molecule has 7 heteroatoms. The topological polar surface area (TPSA) is 92.8 Å². The van der Waals surface area contributed by atoms with E-state index in [4.69, 9.17) is 5.73 Å². The van der Waals surface area contributed by atoms with Crippen molar-refractivity contribution >= 4 is 21.6 Å². The summed E-state index contributed by atoms with van der Waals surface area (Å²) in [5.74, 6) is -0.322. The van der Waals surface area contributed by atoms with Crippen molar-refractivity contribution in [3.8, 4) is 0 Å². The standard InChI is InChI=1S/C13H15N3O3S/c1-20(18,19)16-7-10-3-2-8-6-9(13(14)17)4-5-11(8)12(10)15-16/h4-6,10H,2-3,7H2,1H3,(H2,14,17). The number of carbonyl (C=O) groups is 1. The van der Waals surface area contributed by atoms with Crippen molar-refractivity contribution in [3.63, 3.8) is 0 Å². The molecule has 6 nitrogen and oxygen atoms in total. The third-order valence-electron chi connectivity index (χ3n) is 3.79. The Kier molecular flexibility index (Phi) is 2.82. The summed E-state index contributed by atoms with van der Waals surface area (Å²) in [6.07, 6.45) is 2.79. The molecule has 1 atom stereocenters. The van der Waals surface area contributed by atoms with E-state index in [-0.39, 0.29) is 5.92 Å². The quantitative estimate of drug-likeness (QED) is 0.851. The molecule has 2 aliphatic rings. The highest BCUT2D eigenvalue weighted by atomic mass is 32.2. The molecule has 0 bridgehead atoms. The van der Waals surface area contributed by atoms with Gasteiger partial charge in [0.25, 0.3) is 0 Å². The van der Waals surface area contributed by atoms with E-state index in [0.29, 0.717) is 12.1 Å². The van der Waals surface area contributed by atoms with E-state index in [1.54, 1.807) is 12.1 Å². The predicted octanol–water partition coefficient (Wildman–Crippen LogP) is 0.327. The van der Waals surface area contributed by atoms with Gasteiger partial charge in [0.1, 0.15) is 0 Å². The highest BCUT2D eigenvalue weighted by Crippen LogP contribution is 2.32. The predicted molar refractivity (Wildman–Crippen MR) is 74.9 cm³/mol. The molecule has 1 unspecified atom stereocenters. The number of sulfonamides is 1. The van der Waals surface area contributed by atoms with Crippen LogP contribution in [0.15, 0.2) is 23.3 Å². The second-order valence-electron chi connectivity index (χ2n) is 5.22. The number of nitrogens with zero attached hydrogens (tertiary/aromatic N) is 2. The van der Waals surface area contributed by atoms with Crippen molar-refractivity contribution in [2.45, 2.75) is 12.8 Å². The van der Waals surface area contributed by atoms with Crippen LogP contribution in [0.1, 0.15) is 27.9 Å². The average molecular weight is 293 g/mol. The van der Waals surface area contributed by atoms with Crippen LogP contribution in [0.4, 0.5) is 0 Å². The molecule has 2 N–H and O–H groups in total. The number of amides is 1. The second kappa shape index (κ2) is 4.31. The van der Waals surface area contributed by atoms with Gasteiger partial charge in [-0.3, -0.25) is 4.79 Å². The van der Waals surface area contributed by atoms with Crippen LogP contribution >= 0.6 is 0 Å². The number of fused-ring (bicyclic) bond motifs is 3. The van der Waals surface area contributed by atoms with E-state index in [0.717, 1.165) is 40.4 Å². The maximum atomic E-state index is 11.6. The summed E-state index contributed by atoms with van der Waals surface area (Å²) in [6, 6.07) is 5.25. The highest BCUT2D eigenvalue weighted by Gasteiger charge is 2.35. The SMILES string of the molecule is CS(=O)(=O)N1CC2CCc3cc(C(N)=O)ccc3C2=N1. The molecule has 0 saturated heterocycles. The molecule has 0 fully saturated rings. The van der Waals surface area contributed by atoms with E-state index in [1.165, 1.54) is 0 Å². The molecular weight excluding hydrogens is 278 g/mol. The first-order valence-electron chi connectivity index (χ1n) is 6.35. The lowest BCUT2D eigenvalue weighted by atomic mass is 9.82. The zero-order valence-corrected chi connectivity index (χ0v) is 11.9. The normalized spacial score (nSPS) is 21.1. The number of carbonyl (C=O) groups excluding carboxylic acids is 1. The van der Waals surface area contributed by atoms with Crippen molar-refractivity contribution in [3.05, 3.63) is 34.9 Å². The second-order valence-corrected chi connectivity index (χ2v) is 7.11. The maximum Gasteiger partial charge on any atom is 0.248 e.